The van der Waals surface area contributed by atoms with Gasteiger partial charge in [-0.05, 0) is 30.5 Å². The van der Waals surface area contributed by atoms with E-state index in [1.165, 1.54) is 6.07 Å². The van der Waals surface area contributed by atoms with Gasteiger partial charge in [0.25, 0.3) is 0 Å². The molecule has 6 nitrogen and oxygen atoms in total. The second kappa shape index (κ2) is 9.46. The number of alkyl halides is 3. The molecule has 0 spiro atoms. The first-order valence-corrected chi connectivity index (χ1v) is 10.6. The van der Waals surface area contributed by atoms with E-state index in [1.54, 1.807) is 32.1 Å². The molecule has 1 heterocycles. The van der Waals surface area contributed by atoms with E-state index in [-0.39, 0.29) is 5.91 Å². The maximum atomic E-state index is 13.1. The molecular weight excluding hydrogens is 409 g/mol. The average Bonchev–Trinajstić information content (AvgIpc) is 3.23. The maximum Gasteiger partial charge on any atom is 0.416 e. The third kappa shape index (κ3) is 5.31. The van der Waals surface area contributed by atoms with Crippen molar-refractivity contribution in [2.24, 2.45) is 10.4 Å². The van der Waals surface area contributed by atoms with Gasteiger partial charge in [-0.25, -0.2) is 0 Å². The Labute approximate surface area is 181 Å². The van der Waals surface area contributed by atoms with Crippen molar-refractivity contribution < 1.29 is 22.7 Å². The Hall–Kier alpha value is -2.29. The monoisotopic (exact) mass is 440 g/mol. The summed E-state index contributed by atoms with van der Waals surface area (Å²) >= 11 is 0. The van der Waals surface area contributed by atoms with E-state index < -0.39 is 23.3 Å². The van der Waals surface area contributed by atoms with Crippen LogP contribution < -0.4 is 5.32 Å². The Morgan fingerprint density at radius 2 is 2.03 bits per heavy atom. The summed E-state index contributed by atoms with van der Waals surface area (Å²) in [5, 5.41) is 3.36. The molecule has 1 atom stereocenters. The highest BCUT2D eigenvalue weighted by Crippen LogP contribution is 2.39. The summed E-state index contributed by atoms with van der Waals surface area (Å²) in [7, 11) is 5.23. The molecule has 0 bridgehead atoms. The predicted molar refractivity (Wildman–Crippen MR) is 113 cm³/mol. The summed E-state index contributed by atoms with van der Waals surface area (Å²) < 4.78 is 45.0. The largest absolute Gasteiger partial charge is 0.416 e. The van der Waals surface area contributed by atoms with Crippen LogP contribution in [0.25, 0.3) is 0 Å². The van der Waals surface area contributed by atoms with Gasteiger partial charge in [-0.3, -0.25) is 9.79 Å². The molecule has 1 aromatic rings. The van der Waals surface area contributed by atoms with E-state index in [4.69, 9.17) is 4.74 Å². The molecule has 0 radical (unpaired) electrons. The summed E-state index contributed by atoms with van der Waals surface area (Å²) in [6, 6.07) is 5.27. The van der Waals surface area contributed by atoms with Crippen LogP contribution in [0.4, 0.5) is 13.2 Å². The Bertz CT molecular complexity index is 804. The fraction of sp³-hybridized carbons (Fsp3) is 0.636. The quantitative estimate of drug-likeness (QED) is 0.577. The standard InChI is InChI=1S/C22H31F3N4O2/c1-26-20(27-15-21(9-4-5-10-21)19(30)28(2)3)29-11-12-31-18(14-29)16-7-6-8-17(13-16)22(23,24)25/h6-8,13,18H,4-5,9-12,14-15H2,1-3H3,(H,26,27). The van der Waals surface area contributed by atoms with Crippen molar-refractivity contribution in [1.82, 2.24) is 15.1 Å². The van der Waals surface area contributed by atoms with Crippen molar-refractivity contribution >= 4 is 11.9 Å². The normalized spacial score (nSPS) is 21.8. The molecule has 9 heteroatoms. The third-order valence-electron chi connectivity index (χ3n) is 6.17. The molecular formula is C22H31F3N4O2. The van der Waals surface area contributed by atoms with Gasteiger partial charge in [-0.15, -0.1) is 0 Å². The number of nitrogens with one attached hydrogen (secondary N) is 1. The average molecular weight is 441 g/mol. The number of aliphatic imine (C=N–C) groups is 1. The van der Waals surface area contributed by atoms with Crippen molar-refractivity contribution in [2.45, 2.75) is 38.0 Å². The highest BCUT2D eigenvalue weighted by molar-refractivity contribution is 5.85. The third-order valence-corrected chi connectivity index (χ3v) is 6.17. The zero-order chi connectivity index (χ0) is 22.6. The Morgan fingerprint density at radius 1 is 1.32 bits per heavy atom. The summed E-state index contributed by atoms with van der Waals surface area (Å²) in [6.45, 7) is 1.82. The number of morpholine rings is 1. The number of hydrogen-bond donors (Lipinski definition) is 1. The van der Waals surface area contributed by atoms with E-state index in [9.17, 15) is 18.0 Å². The van der Waals surface area contributed by atoms with Crippen LogP contribution in [0.1, 0.15) is 42.9 Å². The van der Waals surface area contributed by atoms with Gasteiger partial charge in [0.2, 0.25) is 5.91 Å². The fourth-order valence-corrected chi connectivity index (χ4v) is 4.53. The molecule has 2 aliphatic rings. The lowest BCUT2D eigenvalue weighted by molar-refractivity contribution is -0.139. The van der Waals surface area contributed by atoms with Crippen molar-refractivity contribution in [3.8, 4) is 0 Å². The summed E-state index contributed by atoms with van der Waals surface area (Å²) in [5.74, 6) is 0.759. The van der Waals surface area contributed by atoms with Gasteiger partial charge in [0, 0.05) is 34.2 Å². The molecule has 1 saturated heterocycles. The number of benzene rings is 1. The van der Waals surface area contributed by atoms with Gasteiger partial charge in [-0.2, -0.15) is 13.2 Å². The zero-order valence-corrected chi connectivity index (χ0v) is 18.3. The Balaban J connectivity index is 1.69. The topological polar surface area (TPSA) is 57.2 Å². The van der Waals surface area contributed by atoms with E-state index in [2.05, 4.69) is 10.3 Å². The Morgan fingerprint density at radius 3 is 2.65 bits per heavy atom. The second-order valence-electron chi connectivity index (χ2n) is 8.52. The minimum atomic E-state index is -4.39. The van der Waals surface area contributed by atoms with Crippen LogP contribution in [-0.4, -0.2) is 69.1 Å². The van der Waals surface area contributed by atoms with Crippen molar-refractivity contribution in [3.05, 3.63) is 35.4 Å². The molecule has 2 fully saturated rings. The number of guanidine groups is 1. The molecule has 1 saturated carbocycles. The van der Waals surface area contributed by atoms with Crippen LogP contribution >= 0.6 is 0 Å². The van der Waals surface area contributed by atoms with Crippen LogP contribution in [0.5, 0.6) is 0 Å². The maximum absolute atomic E-state index is 13.1. The molecule has 3 rings (SSSR count). The number of carbonyl (C=O) groups excluding carboxylic acids is 1. The molecule has 1 unspecified atom stereocenters. The first-order valence-electron chi connectivity index (χ1n) is 10.6. The molecule has 1 aromatic carbocycles. The van der Waals surface area contributed by atoms with E-state index in [1.807, 2.05) is 4.90 Å². The number of hydrogen-bond acceptors (Lipinski definition) is 3. The molecule has 1 aliphatic heterocycles. The zero-order valence-electron chi connectivity index (χ0n) is 18.3. The summed E-state index contributed by atoms with van der Waals surface area (Å²) in [5.41, 5.74) is -0.629. The van der Waals surface area contributed by atoms with Crippen LogP contribution in [0.15, 0.2) is 29.3 Å². The number of carbonyl (C=O) groups is 1. The number of ether oxygens (including phenoxy) is 1. The number of amides is 1. The van der Waals surface area contributed by atoms with Crippen LogP contribution in [0.2, 0.25) is 0 Å². The molecule has 31 heavy (non-hydrogen) atoms. The lowest BCUT2D eigenvalue weighted by Gasteiger charge is -2.37. The molecule has 0 aromatic heterocycles. The van der Waals surface area contributed by atoms with Gasteiger partial charge in [0.15, 0.2) is 5.96 Å². The first-order chi connectivity index (χ1) is 14.7. The molecule has 172 valence electrons. The van der Waals surface area contributed by atoms with Crippen LogP contribution in [0, 0.1) is 5.41 Å². The van der Waals surface area contributed by atoms with Gasteiger partial charge < -0.3 is 19.9 Å². The van der Waals surface area contributed by atoms with Gasteiger partial charge in [-0.1, -0.05) is 25.0 Å². The lowest BCUT2D eigenvalue weighted by atomic mass is 9.84. The fourth-order valence-electron chi connectivity index (χ4n) is 4.53. The van der Waals surface area contributed by atoms with Crippen molar-refractivity contribution in [2.75, 3.05) is 47.4 Å². The van der Waals surface area contributed by atoms with Crippen LogP contribution in [-0.2, 0) is 15.7 Å². The van der Waals surface area contributed by atoms with Gasteiger partial charge in [0.05, 0.1) is 24.1 Å². The van der Waals surface area contributed by atoms with Crippen molar-refractivity contribution in [3.63, 3.8) is 0 Å². The first kappa shape index (κ1) is 23.4. The Kier molecular flexibility index (Phi) is 7.13. The second-order valence-corrected chi connectivity index (χ2v) is 8.52. The SMILES string of the molecule is CN=C(NCC1(C(=O)N(C)C)CCCC1)N1CCOC(c2cccc(C(F)(F)F)c2)C1. The van der Waals surface area contributed by atoms with Crippen molar-refractivity contribution in [1.29, 1.82) is 0 Å². The van der Waals surface area contributed by atoms with Gasteiger partial charge >= 0.3 is 6.18 Å². The summed E-state index contributed by atoms with van der Waals surface area (Å²) in [4.78, 5) is 20.8. The smallest absolute Gasteiger partial charge is 0.370 e. The lowest BCUT2D eigenvalue weighted by Crippen LogP contribution is -2.52. The van der Waals surface area contributed by atoms with E-state index >= 15 is 0 Å². The van der Waals surface area contributed by atoms with Gasteiger partial charge in [0.1, 0.15) is 6.10 Å². The number of nitrogens with zero attached hydrogens (tertiary/aromatic N) is 3. The summed E-state index contributed by atoms with van der Waals surface area (Å²) in [6.07, 6.45) is -1.16. The minimum absolute atomic E-state index is 0.122. The van der Waals surface area contributed by atoms with Crippen LogP contribution in [0.3, 0.4) is 0 Å². The highest BCUT2D eigenvalue weighted by Gasteiger charge is 2.42. The minimum Gasteiger partial charge on any atom is -0.370 e. The molecule has 1 aliphatic carbocycles. The number of rotatable bonds is 4. The van der Waals surface area contributed by atoms with E-state index in [0.717, 1.165) is 37.8 Å². The highest BCUT2D eigenvalue weighted by atomic mass is 19.4. The predicted octanol–water partition coefficient (Wildman–Crippen LogP) is 3.30. The van der Waals surface area contributed by atoms with E-state index in [0.29, 0.717) is 37.8 Å². The number of halogens is 3. The molecule has 1 amide bonds. The molecule has 1 N–H and O–H groups in total.